The molecule has 0 unspecified atom stereocenters. The van der Waals surface area contributed by atoms with Crippen LogP contribution in [0.1, 0.15) is 72.8 Å². The van der Waals surface area contributed by atoms with Crippen LogP contribution in [0.4, 0.5) is 5.69 Å². The fourth-order valence-electron chi connectivity index (χ4n) is 6.94. The first-order chi connectivity index (χ1) is 16.8. The van der Waals surface area contributed by atoms with Crippen molar-refractivity contribution in [3.63, 3.8) is 0 Å². The Morgan fingerprint density at radius 3 is 2.22 bits per heavy atom. The minimum Gasteiger partial charge on any atom is -0.399 e. The Bertz CT molecular complexity index is 1040. The molecule has 7 nitrogen and oxygen atoms in total. The summed E-state index contributed by atoms with van der Waals surface area (Å²) in [5, 5.41) is 13.9. The summed E-state index contributed by atoms with van der Waals surface area (Å²) in [6, 6.07) is 7.08. The Balaban J connectivity index is 1.29. The molecular weight excluding hydrogens is 453 g/mol. The third-order valence-electron chi connectivity index (χ3n) is 10.3. The van der Waals surface area contributed by atoms with Crippen molar-refractivity contribution in [1.29, 1.82) is 0 Å². The molecule has 6 rings (SSSR count). The third kappa shape index (κ3) is 3.55. The number of carbonyl (C=O) groups excluding carboxylic acids is 1. The molecule has 4 heterocycles. The van der Waals surface area contributed by atoms with Crippen molar-refractivity contribution in [3.8, 4) is 0 Å². The number of hydrogen-bond donors (Lipinski definition) is 2. The maximum atomic E-state index is 14.2. The number of aliphatic hydroxyl groups excluding tert-OH is 1. The fraction of sp³-hybridized carbons (Fsp3) is 0.750. The number of amides is 1. The summed E-state index contributed by atoms with van der Waals surface area (Å²) in [5.74, 6) is 0.273. The van der Waals surface area contributed by atoms with E-state index in [0.717, 1.165) is 63.0 Å². The molecule has 196 valence electrons. The summed E-state index contributed by atoms with van der Waals surface area (Å²) >= 11 is 0. The van der Waals surface area contributed by atoms with Gasteiger partial charge in [-0.15, -0.1) is 0 Å². The maximum absolute atomic E-state index is 14.2. The van der Waals surface area contributed by atoms with Crippen LogP contribution in [0.5, 0.6) is 0 Å². The molecule has 4 fully saturated rings. The molecule has 1 amide bonds. The van der Waals surface area contributed by atoms with E-state index in [4.69, 9.17) is 9.31 Å². The predicted octanol–water partition coefficient (Wildman–Crippen LogP) is 2.19. The zero-order chi connectivity index (χ0) is 25.7. The van der Waals surface area contributed by atoms with Gasteiger partial charge in [0.05, 0.1) is 22.7 Å². The van der Waals surface area contributed by atoms with Crippen molar-refractivity contribution < 1.29 is 19.2 Å². The smallest absolute Gasteiger partial charge is 0.399 e. The van der Waals surface area contributed by atoms with Gasteiger partial charge < -0.3 is 24.6 Å². The molecule has 2 N–H and O–H groups in total. The monoisotopic (exact) mass is 495 g/mol. The van der Waals surface area contributed by atoms with E-state index in [9.17, 15) is 9.90 Å². The van der Waals surface area contributed by atoms with Crippen LogP contribution in [0.3, 0.4) is 0 Å². The highest BCUT2D eigenvalue weighted by Crippen LogP contribution is 2.50. The number of fused-ring (bicyclic) bond motifs is 2. The summed E-state index contributed by atoms with van der Waals surface area (Å²) < 4.78 is 12.7. The van der Waals surface area contributed by atoms with Gasteiger partial charge in [-0.25, -0.2) is 0 Å². The first kappa shape index (κ1) is 24.9. The Labute approximate surface area is 216 Å². The number of benzene rings is 1. The summed E-state index contributed by atoms with van der Waals surface area (Å²) in [4.78, 5) is 18.7. The van der Waals surface area contributed by atoms with Crippen LogP contribution < -0.4 is 15.7 Å². The van der Waals surface area contributed by atoms with Gasteiger partial charge in [0.1, 0.15) is 0 Å². The van der Waals surface area contributed by atoms with Gasteiger partial charge in [-0.1, -0.05) is 26.0 Å². The van der Waals surface area contributed by atoms with Gasteiger partial charge in [-0.2, -0.15) is 0 Å². The zero-order valence-corrected chi connectivity index (χ0v) is 22.8. The number of carbonyl (C=O) groups is 1. The second-order valence-electron chi connectivity index (χ2n) is 13.6. The molecule has 1 aliphatic carbocycles. The minimum atomic E-state index is -0.440. The van der Waals surface area contributed by atoms with Crippen molar-refractivity contribution in [2.24, 2.45) is 5.41 Å². The van der Waals surface area contributed by atoms with E-state index >= 15 is 0 Å². The van der Waals surface area contributed by atoms with E-state index in [1.807, 2.05) is 0 Å². The van der Waals surface area contributed by atoms with Crippen LogP contribution >= 0.6 is 0 Å². The number of rotatable bonds is 3. The molecule has 36 heavy (non-hydrogen) atoms. The van der Waals surface area contributed by atoms with Crippen LogP contribution in [0, 0.1) is 5.41 Å². The van der Waals surface area contributed by atoms with Gasteiger partial charge in [-0.05, 0) is 83.6 Å². The lowest BCUT2D eigenvalue weighted by atomic mass is 9.72. The molecule has 1 spiro atoms. The van der Waals surface area contributed by atoms with Crippen molar-refractivity contribution in [2.45, 2.75) is 102 Å². The normalized spacial score (nSPS) is 34.3. The van der Waals surface area contributed by atoms with Crippen LogP contribution in [-0.4, -0.2) is 78.6 Å². The Kier molecular flexibility index (Phi) is 5.55. The number of hydrogen-bond acceptors (Lipinski definition) is 6. The quantitative estimate of drug-likeness (QED) is 0.627. The number of piperidine rings is 1. The molecule has 3 saturated heterocycles. The van der Waals surface area contributed by atoms with E-state index in [1.54, 1.807) is 0 Å². The Hall–Kier alpha value is -1.45. The standard InChI is InChI=1S/C28H42BN3O4/c1-25(2)17-31(16-23(25)33)19-14-20(15-19)32-22-13-18(29-35-26(3,4)27(5,6)36-29)7-8-21(22)28(24(32)34)9-11-30-12-10-28/h7-8,13,19-20,23,30,33H,9-12,14-17H2,1-6H3/t19?,20?,23-/m1/s1. The highest BCUT2D eigenvalue weighted by Gasteiger charge is 2.57. The second-order valence-corrected chi connectivity index (χ2v) is 13.6. The first-order valence-corrected chi connectivity index (χ1v) is 13.8. The first-order valence-electron chi connectivity index (χ1n) is 13.8. The average molecular weight is 495 g/mol. The zero-order valence-electron chi connectivity index (χ0n) is 22.8. The molecule has 4 aliphatic heterocycles. The Morgan fingerprint density at radius 1 is 1.00 bits per heavy atom. The van der Waals surface area contributed by atoms with Crippen molar-refractivity contribution in [1.82, 2.24) is 10.2 Å². The molecule has 0 bridgehead atoms. The number of nitrogens with zero attached hydrogens (tertiary/aromatic N) is 2. The molecule has 1 aromatic carbocycles. The van der Waals surface area contributed by atoms with Crippen molar-refractivity contribution >= 4 is 24.2 Å². The largest absolute Gasteiger partial charge is 0.494 e. The molecule has 1 saturated carbocycles. The maximum Gasteiger partial charge on any atom is 0.494 e. The third-order valence-corrected chi connectivity index (χ3v) is 10.3. The predicted molar refractivity (Wildman–Crippen MR) is 142 cm³/mol. The van der Waals surface area contributed by atoms with Crippen LogP contribution in [0.2, 0.25) is 0 Å². The van der Waals surface area contributed by atoms with Crippen molar-refractivity contribution in [2.75, 3.05) is 31.1 Å². The number of anilines is 1. The number of nitrogens with one attached hydrogen (secondary N) is 1. The van der Waals surface area contributed by atoms with Crippen LogP contribution in [0.25, 0.3) is 0 Å². The fourth-order valence-corrected chi connectivity index (χ4v) is 6.94. The van der Waals surface area contributed by atoms with Gasteiger partial charge in [0.15, 0.2) is 0 Å². The molecule has 1 atom stereocenters. The van der Waals surface area contributed by atoms with E-state index in [2.05, 4.69) is 74.9 Å². The second kappa shape index (κ2) is 8.03. The van der Waals surface area contributed by atoms with E-state index in [-0.39, 0.29) is 23.5 Å². The van der Waals surface area contributed by atoms with Gasteiger partial charge in [0, 0.05) is 36.3 Å². The highest BCUT2D eigenvalue weighted by molar-refractivity contribution is 6.62. The van der Waals surface area contributed by atoms with Crippen LogP contribution in [0.15, 0.2) is 18.2 Å². The number of likely N-dealkylation sites (tertiary alicyclic amines) is 1. The van der Waals surface area contributed by atoms with Crippen LogP contribution in [-0.2, 0) is 19.5 Å². The van der Waals surface area contributed by atoms with Gasteiger partial charge >= 0.3 is 7.12 Å². The highest BCUT2D eigenvalue weighted by atomic mass is 16.7. The molecule has 8 heteroatoms. The molecular formula is C28H42BN3O4. The van der Waals surface area contributed by atoms with E-state index in [0.29, 0.717) is 6.04 Å². The van der Waals surface area contributed by atoms with Crippen molar-refractivity contribution in [3.05, 3.63) is 23.8 Å². The molecule has 5 aliphatic rings. The minimum absolute atomic E-state index is 0.0714. The summed E-state index contributed by atoms with van der Waals surface area (Å²) in [5.41, 5.74) is 1.91. The van der Waals surface area contributed by atoms with Gasteiger partial charge in [0.25, 0.3) is 0 Å². The number of β-amino-alcohol motifs (C(OH)–C–C–N with tert-alkyl or cyclic N) is 1. The topological polar surface area (TPSA) is 74.3 Å². The average Bonchev–Trinajstić information content (AvgIpc) is 3.27. The summed E-state index contributed by atoms with van der Waals surface area (Å²) in [7, 11) is -0.440. The SMILES string of the molecule is CC1(C)CN(C2CC(N3C(=O)C4(CCNCC4)c4ccc(B5OC(C)(C)C(C)(C)O5)cc43)C2)C[C@H]1O. The Morgan fingerprint density at radius 2 is 1.64 bits per heavy atom. The summed E-state index contributed by atoms with van der Waals surface area (Å²) in [6.07, 6.45) is 3.32. The molecule has 0 aromatic heterocycles. The lowest BCUT2D eigenvalue weighted by Crippen LogP contribution is -2.57. The molecule has 1 aromatic rings. The lowest BCUT2D eigenvalue weighted by molar-refractivity contribution is -0.125. The lowest BCUT2D eigenvalue weighted by Gasteiger charge is -2.46. The van der Waals surface area contributed by atoms with E-state index < -0.39 is 23.7 Å². The summed E-state index contributed by atoms with van der Waals surface area (Å²) in [6.45, 7) is 16.0. The van der Waals surface area contributed by atoms with E-state index in [1.165, 1.54) is 5.56 Å². The number of aliphatic hydroxyl groups is 1. The van der Waals surface area contributed by atoms with Gasteiger partial charge in [-0.3, -0.25) is 9.69 Å². The molecule has 0 radical (unpaired) electrons. The van der Waals surface area contributed by atoms with Gasteiger partial charge in [0.2, 0.25) is 5.91 Å².